The minimum Gasteiger partial charge on any atom is -0.450 e. The molecule has 1 fully saturated rings. The number of halogens is 2. The average molecular weight is 310 g/mol. The molecular formula is C15H13Cl2NO2. The molecule has 2 N–H and O–H groups in total. The number of nitrogens with two attached hydrogens (primary N) is 1. The summed E-state index contributed by atoms with van der Waals surface area (Å²) in [6, 6.07) is 5.41. The van der Waals surface area contributed by atoms with Crippen LogP contribution in [0.5, 0.6) is 0 Å². The lowest BCUT2D eigenvalue weighted by molar-refractivity contribution is -0.00857. The van der Waals surface area contributed by atoms with Crippen LogP contribution in [0.4, 0.5) is 0 Å². The van der Waals surface area contributed by atoms with Crippen LogP contribution in [0.3, 0.4) is 0 Å². The molecule has 1 aliphatic carbocycles. The Bertz CT molecular complexity index is 615. The van der Waals surface area contributed by atoms with E-state index in [4.69, 9.17) is 38.4 Å². The van der Waals surface area contributed by atoms with Crippen molar-refractivity contribution in [3.05, 3.63) is 63.6 Å². The van der Waals surface area contributed by atoms with Crippen molar-refractivity contribution in [3.8, 4) is 0 Å². The molecule has 3 rings (SSSR count). The lowest BCUT2D eigenvalue weighted by Crippen LogP contribution is -2.19. The zero-order valence-corrected chi connectivity index (χ0v) is 12.1. The molecule has 20 heavy (non-hydrogen) atoms. The van der Waals surface area contributed by atoms with Crippen LogP contribution in [-0.4, -0.2) is 12.8 Å². The topological polar surface area (TPSA) is 44.5 Å². The molecule has 0 amide bonds. The summed E-state index contributed by atoms with van der Waals surface area (Å²) < 4.78 is 11.4. The zero-order valence-electron chi connectivity index (χ0n) is 10.6. The first-order chi connectivity index (χ1) is 9.70. The molecule has 0 radical (unpaired) electrons. The van der Waals surface area contributed by atoms with Crippen molar-refractivity contribution in [2.45, 2.75) is 12.7 Å². The molecule has 1 aliphatic heterocycles. The molecule has 3 nitrogen and oxygen atoms in total. The Hall–Kier alpha value is -1.42. The smallest absolute Gasteiger partial charge is 0.253 e. The molecule has 1 aromatic carbocycles. The number of hydrogen-bond donors (Lipinski definition) is 1. The maximum atomic E-state index is 6.28. The van der Waals surface area contributed by atoms with Crippen molar-refractivity contribution in [1.82, 2.24) is 0 Å². The third kappa shape index (κ3) is 2.33. The summed E-state index contributed by atoms with van der Waals surface area (Å²) in [6.07, 6.45) is 6.22. The predicted molar refractivity (Wildman–Crippen MR) is 80.2 cm³/mol. The van der Waals surface area contributed by atoms with Gasteiger partial charge in [-0.2, -0.15) is 0 Å². The first-order valence-corrected chi connectivity index (χ1v) is 7.05. The molecule has 2 aliphatic rings. The molecule has 0 aromatic heterocycles. The fourth-order valence-corrected chi connectivity index (χ4v) is 2.83. The summed E-state index contributed by atoms with van der Waals surface area (Å²) in [7, 11) is 0. The molecule has 0 spiro atoms. The normalized spacial score (nSPS) is 20.9. The van der Waals surface area contributed by atoms with E-state index in [2.05, 4.69) is 0 Å². The first kappa shape index (κ1) is 13.6. The van der Waals surface area contributed by atoms with E-state index >= 15 is 0 Å². The minimum atomic E-state index is -0.459. The van der Waals surface area contributed by atoms with Gasteiger partial charge in [0.1, 0.15) is 0 Å². The van der Waals surface area contributed by atoms with E-state index in [-0.39, 0.29) is 6.54 Å². The summed E-state index contributed by atoms with van der Waals surface area (Å²) in [5.74, 6) is 1.33. The lowest BCUT2D eigenvalue weighted by atomic mass is 10.0. The number of allylic oxidation sites excluding steroid dienone is 4. The highest BCUT2D eigenvalue weighted by molar-refractivity contribution is 6.37. The van der Waals surface area contributed by atoms with E-state index < -0.39 is 6.29 Å². The van der Waals surface area contributed by atoms with Crippen molar-refractivity contribution < 1.29 is 9.47 Å². The summed E-state index contributed by atoms with van der Waals surface area (Å²) in [4.78, 5) is 0. The molecular weight excluding hydrogens is 297 g/mol. The van der Waals surface area contributed by atoms with Gasteiger partial charge in [-0.3, -0.25) is 0 Å². The van der Waals surface area contributed by atoms with Crippen molar-refractivity contribution in [1.29, 1.82) is 0 Å². The predicted octanol–water partition coefficient (Wildman–Crippen LogP) is 3.88. The highest BCUT2D eigenvalue weighted by atomic mass is 35.5. The molecule has 0 saturated carbocycles. The number of benzene rings is 1. The van der Waals surface area contributed by atoms with E-state index in [1.165, 1.54) is 0 Å². The number of hydrogen-bond acceptors (Lipinski definition) is 3. The monoisotopic (exact) mass is 309 g/mol. The Morgan fingerprint density at radius 2 is 1.95 bits per heavy atom. The van der Waals surface area contributed by atoms with Gasteiger partial charge in [0.2, 0.25) is 0 Å². The number of ether oxygens (including phenoxy) is 2. The van der Waals surface area contributed by atoms with Gasteiger partial charge in [0, 0.05) is 11.1 Å². The van der Waals surface area contributed by atoms with Crippen LogP contribution in [-0.2, 0) is 9.47 Å². The van der Waals surface area contributed by atoms with Crippen molar-refractivity contribution in [2.24, 2.45) is 5.73 Å². The van der Waals surface area contributed by atoms with Gasteiger partial charge in [0.05, 0.1) is 16.6 Å². The molecule has 1 heterocycles. The van der Waals surface area contributed by atoms with Gasteiger partial charge in [-0.1, -0.05) is 41.4 Å². The third-order valence-corrected chi connectivity index (χ3v) is 3.75. The van der Waals surface area contributed by atoms with Gasteiger partial charge in [0.25, 0.3) is 6.29 Å². The Labute approximate surface area is 127 Å². The fraction of sp³-hybridized carbons (Fsp3) is 0.200. The number of rotatable bonds is 2. The maximum absolute atomic E-state index is 6.28. The Morgan fingerprint density at radius 3 is 2.65 bits per heavy atom. The van der Waals surface area contributed by atoms with Gasteiger partial charge in [-0.25, -0.2) is 0 Å². The lowest BCUT2D eigenvalue weighted by Gasteiger charge is -2.10. The zero-order chi connectivity index (χ0) is 14.1. The number of fused-ring (bicyclic) bond motifs is 1. The summed E-state index contributed by atoms with van der Waals surface area (Å²) in [5.41, 5.74) is 7.17. The van der Waals surface area contributed by atoms with Crippen LogP contribution >= 0.6 is 23.2 Å². The Balaban J connectivity index is 2.17. The van der Waals surface area contributed by atoms with Gasteiger partial charge < -0.3 is 15.2 Å². The Morgan fingerprint density at radius 1 is 1.20 bits per heavy atom. The second kappa shape index (κ2) is 5.52. The first-order valence-electron chi connectivity index (χ1n) is 6.30. The Kier molecular flexibility index (Phi) is 3.74. The molecule has 1 aromatic rings. The van der Waals surface area contributed by atoms with E-state index in [1.807, 2.05) is 24.3 Å². The van der Waals surface area contributed by atoms with Crippen LogP contribution in [0.25, 0.3) is 5.57 Å². The second-order valence-corrected chi connectivity index (χ2v) is 5.26. The van der Waals surface area contributed by atoms with Crippen LogP contribution in [0.1, 0.15) is 12.0 Å². The van der Waals surface area contributed by atoms with Crippen molar-refractivity contribution >= 4 is 28.8 Å². The van der Waals surface area contributed by atoms with Crippen molar-refractivity contribution in [3.63, 3.8) is 0 Å². The highest BCUT2D eigenvalue weighted by Gasteiger charge is 2.30. The molecule has 1 atom stereocenters. The highest BCUT2D eigenvalue weighted by Crippen LogP contribution is 2.40. The van der Waals surface area contributed by atoms with Crippen LogP contribution in [0.15, 0.2) is 47.9 Å². The third-order valence-electron chi connectivity index (χ3n) is 3.12. The molecule has 0 bridgehead atoms. The van der Waals surface area contributed by atoms with Gasteiger partial charge in [-0.15, -0.1) is 0 Å². The summed E-state index contributed by atoms with van der Waals surface area (Å²) >= 11 is 12.6. The van der Waals surface area contributed by atoms with Crippen LogP contribution in [0.2, 0.25) is 10.0 Å². The maximum Gasteiger partial charge on any atom is 0.253 e. The van der Waals surface area contributed by atoms with E-state index in [0.717, 1.165) is 17.6 Å². The molecule has 1 unspecified atom stereocenters. The minimum absolute atomic E-state index is 0.286. The molecule has 104 valence electrons. The van der Waals surface area contributed by atoms with E-state index in [1.54, 1.807) is 12.1 Å². The fourth-order valence-electron chi connectivity index (χ4n) is 2.23. The second-order valence-electron chi connectivity index (χ2n) is 4.45. The molecule has 5 heteroatoms. The SMILES string of the molecule is NCC1OC2=CCC=CC(c3c(Cl)cccc3Cl)=C2O1. The van der Waals surface area contributed by atoms with E-state index in [0.29, 0.717) is 21.6 Å². The van der Waals surface area contributed by atoms with Gasteiger partial charge in [-0.05, 0) is 24.6 Å². The molecule has 1 saturated heterocycles. The van der Waals surface area contributed by atoms with Gasteiger partial charge >= 0.3 is 0 Å². The van der Waals surface area contributed by atoms with Crippen molar-refractivity contribution in [2.75, 3.05) is 6.54 Å². The van der Waals surface area contributed by atoms with Gasteiger partial charge in [0.15, 0.2) is 11.5 Å². The summed E-state index contributed by atoms with van der Waals surface area (Å²) in [6.45, 7) is 0.286. The van der Waals surface area contributed by atoms with Crippen LogP contribution in [0, 0.1) is 0 Å². The average Bonchev–Trinajstić information content (AvgIpc) is 2.75. The largest absolute Gasteiger partial charge is 0.450 e. The quantitative estimate of drug-likeness (QED) is 0.901. The van der Waals surface area contributed by atoms with Crippen LogP contribution < -0.4 is 5.73 Å². The van der Waals surface area contributed by atoms with E-state index in [9.17, 15) is 0 Å². The standard InChI is InChI=1S/C15H13Cl2NO2/c16-10-5-3-6-11(17)14(10)9-4-1-2-7-12-15(9)20-13(8-18)19-12/h1,3-7,13H,2,8,18H2. The summed E-state index contributed by atoms with van der Waals surface area (Å²) in [5, 5.41) is 1.15.